The van der Waals surface area contributed by atoms with E-state index in [-0.39, 0.29) is 11.6 Å². The van der Waals surface area contributed by atoms with Crippen LogP contribution in [0.25, 0.3) is 11.3 Å². The molecule has 1 aromatic heterocycles. The third-order valence-corrected chi connectivity index (χ3v) is 5.35. The van der Waals surface area contributed by atoms with E-state index in [0.29, 0.717) is 28.3 Å². The van der Waals surface area contributed by atoms with Crippen LogP contribution in [0, 0.1) is 0 Å². The molecule has 0 aliphatic carbocycles. The smallest absolute Gasteiger partial charge is 0.411 e. The molecule has 0 fully saturated rings. The van der Waals surface area contributed by atoms with Crippen LogP contribution in [0.4, 0.5) is 15.3 Å². The quantitative estimate of drug-likeness (QED) is 0.272. The number of methoxy groups -OCH3 is 2. The first-order valence-electron chi connectivity index (χ1n) is 11.4. The van der Waals surface area contributed by atoms with Gasteiger partial charge in [0.1, 0.15) is 22.3 Å². The number of benzene rings is 2. The van der Waals surface area contributed by atoms with Gasteiger partial charge in [0, 0.05) is 17.7 Å². The average molecular weight is 529 g/mol. The Labute approximate surface area is 219 Å². The van der Waals surface area contributed by atoms with Gasteiger partial charge < -0.3 is 24.5 Å². The van der Waals surface area contributed by atoms with Gasteiger partial charge in [0.05, 0.1) is 25.8 Å². The van der Waals surface area contributed by atoms with Crippen molar-refractivity contribution in [3.63, 3.8) is 0 Å². The van der Waals surface area contributed by atoms with Crippen molar-refractivity contribution in [2.75, 3.05) is 19.5 Å². The molecular formula is C26H29ClN4O6. The summed E-state index contributed by atoms with van der Waals surface area (Å²) >= 11 is 6.49. The minimum Gasteiger partial charge on any atom is -0.465 e. The fourth-order valence-corrected chi connectivity index (χ4v) is 3.70. The normalized spacial score (nSPS) is 11.8. The van der Waals surface area contributed by atoms with E-state index < -0.39 is 29.8 Å². The van der Waals surface area contributed by atoms with Crippen LogP contribution in [0.1, 0.15) is 48.6 Å². The Kier molecular flexibility index (Phi) is 8.77. The minimum atomic E-state index is -0.703. The number of amides is 2. The number of esters is 1. The fourth-order valence-electron chi connectivity index (χ4n) is 3.45. The van der Waals surface area contributed by atoms with E-state index in [1.165, 1.54) is 14.2 Å². The van der Waals surface area contributed by atoms with Gasteiger partial charge in [-0.3, -0.25) is 5.32 Å². The van der Waals surface area contributed by atoms with Gasteiger partial charge in [-0.1, -0.05) is 35.9 Å². The van der Waals surface area contributed by atoms with Gasteiger partial charge in [0.15, 0.2) is 0 Å². The third kappa shape index (κ3) is 7.71. The second kappa shape index (κ2) is 11.8. The number of aromatic amines is 1. The third-order valence-electron chi connectivity index (χ3n) is 5.08. The molecule has 0 saturated heterocycles. The number of nitrogens with one attached hydrogen (secondary N) is 3. The van der Waals surface area contributed by atoms with Crippen molar-refractivity contribution in [1.29, 1.82) is 0 Å². The van der Waals surface area contributed by atoms with E-state index in [9.17, 15) is 14.4 Å². The number of ether oxygens (including phenoxy) is 3. The zero-order valence-electron chi connectivity index (χ0n) is 21.2. The van der Waals surface area contributed by atoms with Crippen LogP contribution < -0.4 is 10.6 Å². The molecule has 0 aliphatic rings. The summed E-state index contributed by atoms with van der Waals surface area (Å²) in [6.45, 7) is 5.30. The molecule has 11 heteroatoms. The molecule has 0 unspecified atom stereocenters. The number of alkyl carbamates (subject to hydrolysis) is 1. The first-order valence-corrected chi connectivity index (χ1v) is 11.7. The van der Waals surface area contributed by atoms with Gasteiger partial charge in [-0.15, -0.1) is 0 Å². The maximum atomic E-state index is 12.6. The second-order valence-corrected chi connectivity index (χ2v) is 9.45. The maximum Gasteiger partial charge on any atom is 0.411 e. The van der Waals surface area contributed by atoms with Gasteiger partial charge in [-0.05, 0) is 50.6 Å². The Bertz CT molecular complexity index is 1270. The van der Waals surface area contributed by atoms with Crippen LogP contribution in [0.15, 0.2) is 48.5 Å². The summed E-state index contributed by atoms with van der Waals surface area (Å²) in [6, 6.07) is 13.1. The van der Waals surface area contributed by atoms with Gasteiger partial charge in [0.25, 0.3) is 0 Å². The van der Waals surface area contributed by atoms with Crippen molar-refractivity contribution in [2.24, 2.45) is 0 Å². The number of anilines is 1. The SMILES string of the molecule is COC(=O)Nc1ccc(-c2nc([C@H](Cc3cccc(C(=O)OC)c3)NC(=O)OC(C)(C)C)[nH]c2Cl)cc1. The van der Waals surface area contributed by atoms with Crippen LogP contribution in [0.3, 0.4) is 0 Å². The van der Waals surface area contributed by atoms with Crippen molar-refractivity contribution in [1.82, 2.24) is 15.3 Å². The summed E-state index contributed by atoms with van der Waals surface area (Å²) in [5.74, 6) is -0.0712. The highest BCUT2D eigenvalue weighted by molar-refractivity contribution is 6.31. The molecule has 0 aliphatic heterocycles. The molecule has 10 nitrogen and oxygen atoms in total. The Hall–Kier alpha value is -4.05. The molecule has 1 heterocycles. The number of aromatic nitrogens is 2. The number of imidazole rings is 1. The number of hydrogen-bond donors (Lipinski definition) is 3. The lowest BCUT2D eigenvalue weighted by atomic mass is 10.0. The number of carbonyl (C=O) groups is 3. The van der Waals surface area contributed by atoms with Crippen molar-refractivity contribution in [3.8, 4) is 11.3 Å². The van der Waals surface area contributed by atoms with E-state index in [1.54, 1.807) is 63.2 Å². The highest BCUT2D eigenvalue weighted by Crippen LogP contribution is 2.30. The Morgan fingerprint density at radius 3 is 2.35 bits per heavy atom. The average Bonchev–Trinajstić information content (AvgIpc) is 3.24. The predicted molar refractivity (Wildman–Crippen MR) is 139 cm³/mol. The van der Waals surface area contributed by atoms with Crippen molar-refractivity contribution in [2.45, 2.75) is 38.8 Å². The lowest BCUT2D eigenvalue weighted by molar-refractivity contribution is 0.0499. The molecule has 0 radical (unpaired) electrons. The number of H-pyrrole nitrogens is 1. The Balaban J connectivity index is 1.91. The molecule has 2 aromatic carbocycles. The second-order valence-electron chi connectivity index (χ2n) is 9.07. The molecule has 3 N–H and O–H groups in total. The monoisotopic (exact) mass is 528 g/mol. The molecule has 1 atom stereocenters. The number of halogens is 1. The van der Waals surface area contributed by atoms with Crippen LogP contribution in [0.5, 0.6) is 0 Å². The van der Waals surface area contributed by atoms with E-state index in [0.717, 1.165) is 5.56 Å². The topological polar surface area (TPSA) is 132 Å². The molecule has 2 amide bonds. The summed E-state index contributed by atoms with van der Waals surface area (Å²) < 4.78 is 14.8. The van der Waals surface area contributed by atoms with Crippen molar-refractivity contribution >= 4 is 35.4 Å². The summed E-state index contributed by atoms with van der Waals surface area (Å²) in [6.07, 6.45) is -0.927. The Morgan fingerprint density at radius 2 is 1.73 bits per heavy atom. The minimum absolute atomic E-state index is 0.267. The largest absolute Gasteiger partial charge is 0.465 e. The van der Waals surface area contributed by atoms with E-state index >= 15 is 0 Å². The molecule has 3 aromatic rings. The summed E-state index contributed by atoms with van der Waals surface area (Å²) in [5.41, 5.74) is 2.13. The first kappa shape index (κ1) is 27.5. The zero-order chi connectivity index (χ0) is 27.2. The fraction of sp³-hybridized carbons (Fsp3) is 0.308. The number of nitrogens with zero attached hydrogens (tertiary/aromatic N) is 1. The molecule has 0 bridgehead atoms. The number of carbonyl (C=O) groups excluding carboxylic acids is 3. The lowest BCUT2D eigenvalue weighted by Gasteiger charge is -2.23. The van der Waals surface area contributed by atoms with E-state index in [4.69, 9.17) is 21.1 Å². The molecule has 0 saturated carbocycles. The first-order chi connectivity index (χ1) is 17.5. The van der Waals surface area contributed by atoms with Crippen LogP contribution in [-0.4, -0.2) is 47.9 Å². The molecule has 37 heavy (non-hydrogen) atoms. The van der Waals surface area contributed by atoms with Crippen LogP contribution in [-0.2, 0) is 20.6 Å². The molecular weight excluding hydrogens is 500 g/mol. The van der Waals surface area contributed by atoms with Gasteiger partial charge >= 0.3 is 18.2 Å². The molecule has 0 spiro atoms. The molecule has 196 valence electrons. The van der Waals surface area contributed by atoms with Gasteiger partial charge in [-0.25, -0.2) is 19.4 Å². The highest BCUT2D eigenvalue weighted by atomic mass is 35.5. The summed E-state index contributed by atoms with van der Waals surface area (Å²) in [7, 11) is 2.59. The van der Waals surface area contributed by atoms with Crippen LogP contribution >= 0.6 is 11.6 Å². The highest BCUT2D eigenvalue weighted by Gasteiger charge is 2.25. The lowest BCUT2D eigenvalue weighted by Crippen LogP contribution is -2.36. The zero-order valence-corrected chi connectivity index (χ0v) is 21.9. The van der Waals surface area contributed by atoms with E-state index in [2.05, 4.69) is 25.3 Å². The van der Waals surface area contributed by atoms with Crippen LogP contribution in [0.2, 0.25) is 5.15 Å². The van der Waals surface area contributed by atoms with Crippen molar-refractivity contribution in [3.05, 3.63) is 70.6 Å². The molecule has 3 rings (SSSR count). The standard InChI is InChI=1S/C26H29ClN4O6/c1-26(2,3)37-25(34)29-19(14-15-7-6-8-17(13-15)23(32)35-4)22-30-20(21(27)31-22)16-9-11-18(12-10-16)28-24(33)36-5/h6-13,19H,14H2,1-5H3,(H,28,33)(H,29,34)(H,30,31)/t19-/m0/s1. The van der Waals surface area contributed by atoms with Gasteiger partial charge in [-0.2, -0.15) is 0 Å². The number of rotatable bonds is 7. The van der Waals surface area contributed by atoms with Gasteiger partial charge in [0.2, 0.25) is 0 Å². The summed E-state index contributed by atoms with van der Waals surface area (Å²) in [4.78, 5) is 43.7. The summed E-state index contributed by atoms with van der Waals surface area (Å²) in [5, 5.41) is 5.68. The maximum absolute atomic E-state index is 12.6. The Morgan fingerprint density at radius 1 is 1.03 bits per heavy atom. The van der Waals surface area contributed by atoms with E-state index in [1.807, 2.05) is 6.07 Å². The van der Waals surface area contributed by atoms with Crippen molar-refractivity contribution < 1.29 is 28.6 Å². The predicted octanol–water partition coefficient (Wildman–Crippen LogP) is 5.50. The number of hydrogen-bond acceptors (Lipinski definition) is 7.